The second-order valence-corrected chi connectivity index (χ2v) is 2.08. The minimum atomic E-state index is -0.173. The Hall–Kier alpha value is -2.22. The molecule has 0 aliphatic carbocycles. The summed E-state index contributed by atoms with van der Waals surface area (Å²) in [6.45, 7) is 0. The SMILES string of the molecule is O=C=Nc1ccc(O)c(N=C=O)c1. The van der Waals surface area contributed by atoms with E-state index in [2.05, 4.69) is 9.98 Å². The first-order chi connectivity index (χ1) is 6.27. The van der Waals surface area contributed by atoms with E-state index in [1.807, 2.05) is 0 Å². The van der Waals surface area contributed by atoms with E-state index in [1.54, 1.807) is 0 Å². The molecule has 0 atom stereocenters. The predicted octanol–water partition coefficient (Wildman–Crippen LogP) is 1.33. The van der Waals surface area contributed by atoms with Crippen molar-refractivity contribution in [2.45, 2.75) is 0 Å². The van der Waals surface area contributed by atoms with Crippen LogP contribution in [0.1, 0.15) is 0 Å². The van der Waals surface area contributed by atoms with Gasteiger partial charge in [0.2, 0.25) is 12.2 Å². The van der Waals surface area contributed by atoms with Crippen molar-refractivity contribution in [3.63, 3.8) is 0 Å². The van der Waals surface area contributed by atoms with Crippen LogP contribution in [-0.2, 0) is 9.59 Å². The van der Waals surface area contributed by atoms with Crippen LogP contribution < -0.4 is 0 Å². The van der Waals surface area contributed by atoms with E-state index in [-0.39, 0.29) is 17.1 Å². The molecule has 1 rings (SSSR count). The Morgan fingerprint density at radius 2 is 1.85 bits per heavy atom. The molecule has 0 amide bonds. The van der Waals surface area contributed by atoms with E-state index in [0.717, 1.165) is 0 Å². The molecule has 0 bridgehead atoms. The van der Waals surface area contributed by atoms with Crippen molar-refractivity contribution < 1.29 is 14.7 Å². The van der Waals surface area contributed by atoms with Gasteiger partial charge in [0.15, 0.2) is 0 Å². The predicted molar refractivity (Wildman–Crippen MR) is 43.7 cm³/mol. The number of hydrogen-bond donors (Lipinski definition) is 1. The van der Waals surface area contributed by atoms with Crippen LogP contribution in [0.2, 0.25) is 0 Å². The van der Waals surface area contributed by atoms with Gasteiger partial charge in [-0.05, 0) is 18.2 Å². The lowest BCUT2D eigenvalue weighted by molar-refractivity contribution is 0.476. The molecule has 0 saturated carbocycles. The topological polar surface area (TPSA) is 79.1 Å². The number of isocyanates is 2. The molecule has 0 aliphatic heterocycles. The van der Waals surface area contributed by atoms with Gasteiger partial charge in [-0.25, -0.2) is 9.59 Å². The molecule has 1 aromatic carbocycles. The molecular weight excluding hydrogens is 172 g/mol. The summed E-state index contributed by atoms with van der Waals surface area (Å²) >= 11 is 0. The summed E-state index contributed by atoms with van der Waals surface area (Å²) in [5, 5.41) is 9.12. The zero-order valence-corrected chi connectivity index (χ0v) is 6.39. The lowest BCUT2D eigenvalue weighted by Gasteiger charge is -1.95. The fraction of sp³-hybridized carbons (Fsp3) is 0. The highest BCUT2D eigenvalue weighted by atomic mass is 16.3. The molecule has 0 aliphatic rings. The van der Waals surface area contributed by atoms with Crippen molar-refractivity contribution in [1.82, 2.24) is 0 Å². The molecule has 1 N–H and O–H groups in total. The Morgan fingerprint density at radius 3 is 2.46 bits per heavy atom. The molecule has 0 unspecified atom stereocenters. The highest BCUT2D eigenvalue weighted by Gasteiger charge is 1.99. The van der Waals surface area contributed by atoms with Crippen LogP contribution in [0.4, 0.5) is 11.4 Å². The molecule has 5 heteroatoms. The number of rotatable bonds is 2. The average molecular weight is 176 g/mol. The molecule has 0 fully saturated rings. The molecule has 0 spiro atoms. The zero-order chi connectivity index (χ0) is 9.68. The molecular formula is C8H4N2O3. The minimum Gasteiger partial charge on any atom is -0.506 e. The second kappa shape index (κ2) is 3.97. The van der Waals surface area contributed by atoms with Gasteiger partial charge in [-0.1, -0.05) is 0 Å². The first kappa shape index (κ1) is 8.87. The van der Waals surface area contributed by atoms with Crippen LogP contribution in [0, 0.1) is 0 Å². The Morgan fingerprint density at radius 1 is 1.15 bits per heavy atom. The third kappa shape index (κ3) is 2.10. The van der Waals surface area contributed by atoms with Gasteiger partial charge in [0.05, 0.1) is 5.69 Å². The van der Waals surface area contributed by atoms with E-state index < -0.39 is 0 Å². The highest BCUT2D eigenvalue weighted by Crippen LogP contribution is 2.29. The third-order valence-corrected chi connectivity index (χ3v) is 1.30. The summed E-state index contributed by atoms with van der Waals surface area (Å²) in [6.07, 6.45) is 2.59. The van der Waals surface area contributed by atoms with Crippen molar-refractivity contribution in [2.24, 2.45) is 9.98 Å². The van der Waals surface area contributed by atoms with Crippen molar-refractivity contribution in [3.8, 4) is 5.75 Å². The van der Waals surface area contributed by atoms with E-state index in [9.17, 15) is 9.59 Å². The van der Waals surface area contributed by atoms with Crippen molar-refractivity contribution in [2.75, 3.05) is 0 Å². The van der Waals surface area contributed by atoms with Crippen LogP contribution in [0.15, 0.2) is 28.2 Å². The van der Waals surface area contributed by atoms with Gasteiger partial charge in [-0.2, -0.15) is 9.98 Å². The number of phenolic OH excluding ortho intramolecular Hbond substituents is 1. The standard InChI is InChI=1S/C8H4N2O3/c11-4-9-6-1-2-8(13)7(3-6)10-5-12/h1-3,13H. The van der Waals surface area contributed by atoms with Gasteiger partial charge in [0, 0.05) is 0 Å². The first-order valence-corrected chi connectivity index (χ1v) is 3.26. The van der Waals surface area contributed by atoms with Crippen LogP contribution in [0.3, 0.4) is 0 Å². The van der Waals surface area contributed by atoms with Gasteiger partial charge in [0.25, 0.3) is 0 Å². The maximum absolute atomic E-state index is 9.88. The van der Waals surface area contributed by atoms with Crippen LogP contribution in [0.5, 0.6) is 5.75 Å². The van der Waals surface area contributed by atoms with E-state index in [0.29, 0.717) is 0 Å². The normalized spacial score (nSPS) is 8.31. The number of aliphatic imine (C=N–C) groups is 2. The first-order valence-electron chi connectivity index (χ1n) is 3.26. The molecule has 0 radical (unpaired) electrons. The second-order valence-electron chi connectivity index (χ2n) is 2.08. The Balaban J connectivity index is 3.25. The van der Waals surface area contributed by atoms with Crippen molar-refractivity contribution >= 4 is 23.5 Å². The monoisotopic (exact) mass is 176 g/mol. The Kier molecular flexibility index (Phi) is 2.71. The molecule has 64 valence electrons. The fourth-order valence-corrected chi connectivity index (χ4v) is 0.773. The molecule has 0 aromatic heterocycles. The van der Waals surface area contributed by atoms with Gasteiger partial charge in [-0.15, -0.1) is 0 Å². The van der Waals surface area contributed by atoms with E-state index in [4.69, 9.17) is 5.11 Å². The molecule has 5 nitrogen and oxygen atoms in total. The van der Waals surface area contributed by atoms with Gasteiger partial charge in [0.1, 0.15) is 11.4 Å². The lowest BCUT2D eigenvalue weighted by Crippen LogP contribution is -1.68. The summed E-state index contributed by atoms with van der Waals surface area (Å²) in [5.74, 6) is -0.173. The Bertz CT molecular complexity index is 415. The third-order valence-electron chi connectivity index (χ3n) is 1.30. The molecule has 0 saturated heterocycles. The number of hydrogen-bond acceptors (Lipinski definition) is 5. The largest absolute Gasteiger partial charge is 0.506 e. The summed E-state index contributed by atoms with van der Waals surface area (Å²) in [6, 6.07) is 3.93. The molecule has 13 heavy (non-hydrogen) atoms. The lowest BCUT2D eigenvalue weighted by atomic mass is 10.2. The Labute approximate surface area is 73.1 Å². The summed E-state index contributed by atoms with van der Waals surface area (Å²) in [7, 11) is 0. The molecule has 0 heterocycles. The fourth-order valence-electron chi connectivity index (χ4n) is 0.773. The number of carbonyl (C=O) groups excluding carboxylic acids is 2. The smallest absolute Gasteiger partial charge is 0.240 e. The average Bonchev–Trinajstić information content (AvgIpc) is 2.12. The van der Waals surface area contributed by atoms with Crippen LogP contribution in [0.25, 0.3) is 0 Å². The summed E-state index contributed by atoms with van der Waals surface area (Å²) in [5.41, 5.74) is 0.285. The minimum absolute atomic E-state index is 0.0199. The number of benzene rings is 1. The van der Waals surface area contributed by atoms with E-state index in [1.165, 1.54) is 30.4 Å². The zero-order valence-electron chi connectivity index (χ0n) is 6.39. The number of phenols is 1. The summed E-state index contributed by atoms with van der Waals surface area (Å²) < 4.78 is 0. The molecule has 1 aromatic rings. The number of nitrogens with zero attached hydrogens (tertiary/aromatic N) is 2. The number of aromatic hydroxyl groups is 1. The quantitative estimate of drug-likeness (QED) is 0.545. The summed E-state index contributed by atoms with van der Waals surface area (Å²) in [4.78, 5) is 26.2. The van der Waals surface area contributed by atoms with Crippen LogP contribution >= 0.6 is 0 Å². The van der Waals surface area contributed by atoms with E-state index >= 15 is 0 Å². The van der Waals surface area contributed by atoms with Gasteiger partial charge < -0.3 is 5.11 Å². The maximum atomic E-state index is 9.88. The maximum Gasteiger partial charge on any atom is 0.240 e. The van der Waals surface area contributed by atoms with Crippen molar-refractivity contribution in [3.05, 3.63) is 18.2 Å². The highest BCUT2D eigenvalue weighted by molar-refractivity contribution is 5.64. The van der Waals surface area contributed by atoms with Gasteiger partial charge >= 0.3 is 0 Å². The van der Waals surface area contributed by atoms with Crippen LogP contribution in [-0.4, -0.2) is 17.3 Å². The van der Waals surface area contributed by atoms with Crippen molar-refractivity contribution in [1.29, 1.82) is 0 Å². The van der Waals surface area contributed by atoms with Gasteiger partial charge in [-0.3, -0.25) is 0 Å².